The first kappa shape index (κ1) is 15.7. The first-order valence-electron chi connectivity index (χ1n) is 8.24. The van der Waals surface area contributed by atoms with E-state index in [2.05, 4.69) is 12.2 Å². The van der Waals surface area contributed by atoms with E-state index in [1.54, 1.807) is 4.90 Å². The van der Waals surface area contributed by atoms with Gasteiger partial charge in [-0.05, 0) is 45.4 Å². The van der Waals surface area contributed by atoms with E-state index in [-0.39, 0.29) is 6.09 Å². The van der Waals surface area contributed by atoms with Crippen LogP contribution in [0.25, 0.3) is 0 Å². The van der Waals surface area contributed by atoms with Gasteiger partial charge in [0.1, 0.15) is 5.01 Å². The predicted molar refractivity (Wildman–Crippen MR) is 87.3 cm³/mol. The van der Waals surface area contributed by atoms with Gasteiger partial charge in [0.25, 0.3) is 0 Å². The molecule has 1 N–H and O–H groups in total. The van der Waals surface area contributed by atoms with Gasteiger partial charge in [0.15, 0.2) is 0 Å². The minimum absolute atomic E-state index is 0.209. The summed E-state index contributed by atoms with van der Waals surface area (Å²) < 4.78 is 4.78. The normalized spacial score (nSPS) is 20.5. The van der Waals surface area contributed by atoms with Crippen LogP contribution in [0.5, 0.6) is 0 Å². The molecule has 0 saturated carbocycles. The van der Waals surface area contributed by atoms with Gasteiger partial charge in [-0.25, -0.2) is 9.78 Å². The number of aromatic nitrogens is 1. The summed E-state index contributed by atoms with van der Waals surface area (Å²) in [6, 6.07) is 0.752. The molecule has 2 aliphatic rings. The van der Waals surface area contributed by atoms with Gasteiger partial charge in [-0.15, -0.1) is 11.3 Å². The topological polar surface area (TPSA) is 54.5 Å². The van der Waals surface area contributed by atoms with E-state index in [0.29, 0.717) is 12.1 Å². The maximum Gasteiger partial charge on any atom is 0.409 e. The molecule has 122 valence electrons. The smallest absolute Gasteiger partial charge is 0.409 e. The number of fused-ring (bicyclic) bond motifs is 1. The third-order valence-corrected chi connectivity index (χ3v) is 5.99. The lowest BCUT2D eigenvalue weighted by Gasteiger charge is -2.32. The zero-order valence-corrected chi connectivity index (χ0v) is 14.2. The summed E-state index contributed by atoms with van der Waals surface area (Å²) in [6.07, 6.45) is 6.69. The first-order chi connectivity index (χ1) is 10.7. The van der Waals surface area contributed by atoms with E-state index < -0.39 is 0 Å². The number of rotatable bonds is 3. The number of carbonyl (C=O) groups excluding carboxylic acids is 1. The van der Waals surface area contributed by atoms with E-state index in [1.165, 1.54) is 42.0 Å². The predicted octanol–water partition coefficient (Wildman–Crippen LogP) is 2.90. The van der Waals surface area contributed by atoms with Crippen molar-refractivity contribution in [2.24, 2.45) is 0 Å². The minimum atomic E-state index is -0.209. The molecule has 1 aliphatic carbocycles. The number of nitrogens with zero attached hydrogens (tertiary/aromatic N) is 2. The van der Waals surface area contributed by atoms with E-state index >= 15 is 0 Å². The number of hydrogen-bond acceptors (Lipinski definition) is 5. The van der Waals surface area contributed by atoms with Crippen molar-refractivity contribution in [3.8, 4) is 0 Å². The Balaban J connectivity index is 1.53. The number of aryl methyl sites for hydroxylation is 2. The number of carbonyl (C=O) groups is 1. The fraction of sp³-hybridized carbons (Fsp3) is 0.750. The van der Waals surface area contributed by atoms with Crippen LogP contribution in [0.2, 0.25) is 0 Å². The SMILES string of the molecule is COC(=O)N1CCC(NC(C)c2nc3c(s2)CCCC3)CC1. The molecule has 3 rings (SSSR count). The molecule has 2 heterocycles. The van der Waals surface area contributed by atoms with Gasteiger partial charge >= 0.3 is 6.09 Å². The fourth-order valence-corrected chi connectivity index (χ4v) is 4.50. The zero-order valence-electron chi connectivity index (χ0n) is 13.4. The molecule has 6 heteroatoms. The Hall–Kier alpha value is -1.14. The van der Waals surface area contributed by atoms with Gasteiger partial charge in [-0.3, -0.25) is 0 Å². The molecular weight excluding hydrogens is 298 g/mol. The molecule has 0 bridgehead atoms. The highest BCUT2D eigenvalue weighted by atomic mass is 32.1. The lowest BCUT2D eigenvalue weighted by Crippen LogP contribution is -2.45. The quantitative estimate of drug-likeness (QED) is 0.929. The molecule has 1 aliphatic heterocycles. The number of piperidine rings is 1. The number of amides is 1. The molecule has 5 nitrogen and oxygen atoms in total. The third kappa shape index (κ3) is 3.43. The van der Waals surface area contributed by atoms with Crippen LogP contribution in [-0.2, 0) is 17.6 Å². The van der Waals surface area contributed by atoms with Crippen LogP contribution in [0.4, 0.5) is 4.79 Å². The Morgan fingerprint density at radius 3 is 2.77 bits per heavy atom. The molecule has 1 saturated heterocycles. The summed E-state index contributed by atoms with van der Waals surface area (Å²) in [5.74, 6) is 0. The molecule has 1 unspecified atom stereocenters. The second-order valence-electron chi connectivity index (χ2n) is 6.25. The van der Waals surface area contributed by atoms with Crippen molar-refractivity contribution in [2.45, 2.75) is 57.5 Å². The van der Waals surface area contributed by atoms with Crippen molar-refractivity contribution in [1.82, 2.24) is 15.2 Å². The molecule has 1 aromatic rings. The molecular formula is C16H25N3O2S. The molecule has 22 heavy (non-hydrogen) atoms. The minimum Gasteiger partial charge on any atom is -0.453 e. The summed E-state index contributed by atoms with van der Waals surface area (Å²) in [7, 11) is 1.44. The zero-order chi connectivity index (χ0) is 15.5. The molecule has 0 spiro atoms. The summed E-state index contributed by atoms with van der Waals surface area (Å²) in [6.45, 7) is 3.74. The highest BCUT2D eigenvalue weighted by Gasteiger charge is 2.25. The highest BCUT2D eigenvalue weighted by Crippen LogP contribution is 2.30. The van der Waals surface area contributed by atoms with Gasteiger partial charge in [-0.1, -0.05) is 0 Å². The molecule has 1 aromatic heterocycles. The lowest BCUT2D eigenvalue weighted by molar-refractivity contribution is 0.109. The van der Waals surface area contributed by atoms with Crippen LogP contribution in [-0.4, -0.2) is 42.2 Å². The Morgan fingerprint density at radius 1 is 1.36 bits per heavy atom. The average molecular weight is 323 g/mol. The van der Waals surface area contributed by atoms with Gasteiger partial charge in [0.05, 0.1) is 18.8 Å². The fourth-order valence-electron chi connectivity index (χ4n) is 3.34. The second kappa shape index (κ2) is 6.96. The van der Waals surface area contributed by atoms with Gasteiger partial charge < -0.3 is 15.0 Å². The van der Waals surface area contributed by atoms with Crippen LogP contribution in [0, 0.1) is 0 Å². The maximum absolute atomic E-state index is 11.5. The van der Waals surface area contributed by atoms with Crippen LogP contribution in [0.15, 0.2) is 0 Å². The van der Waals surface area contributed by atoms with Gasteiger partial charge in [0, 0.05) is 24.0 Å². The largest absolute Gasteiger partial charge is 0.453 e. The van der Waals surface area contributed by atoms with Gasteiger partial charge in [0.2, 0.25) is 0 Å². The van der Waals surface area contributed by atoms with Crippen LogP contribution >= 0.6 is 11.3 Å². The standard InChI is InChI=1S/C16H25N3O2S/c1-11(15-18-13-5-3-4-6-14(13)22-15)17-12-7-9-19(10-8-12)16(20)21-2/h11-12,17H,3-10H2,1-2H3. The number of ether oxygens (including phenoxy) is 1. The van der Waals surface area contributed by atoms with E-state index in [4.69, 9.17) is 9.72 Å². The number of methoxy groups -OCH3 is 1. The molecule has 0 aromatic carbocycles. The number of hydrogen-bond donors (Lipinski definition) is 1. The number of thiazole rings is 1. The Kier molecular flexibility index (Phi) is 4.98. The second-order valence-corrected chi connectivity index (χ2v) is 7.36. The molecule has 1 fully saturated rings. The monoisotopic (exact) mass is 323 g/mol. The average Bonchev–Trinajstić information content (AvgIpc) is 2.99. The third-order valence-electron chi connectivity index (χ3n) is 4.65. The summed E-state index contributed by atoms with van der Waals surface area (Å²) in [5.41, 5.74) is 1.33. The van der Waals surface area contributed by atoms with Crippen LogP contribution in [0.1, 0.15) is 54.2 Å². The van der Waals surface area contributed by atoms with Crippen molar-refractivity contribution in [1.29, 1.82) is 0 Å². The van der Waals surface area contributed by atoms with Crippen LogP contribution < -0.4 is 5.32 Å². The van der Waals surface area contributed by atoms with E-state index in [0.717, 1.165) is 32.4 Å². The highest BCUT2D eigenvalue weighted by molar-refractivity contribution is 7.11. The number of likely N-dealkylation sites (tertiary alicyclic amines) is 1. The first-order valence-corrected chi connectivity index (χ1v) is 9.06. The van der Waals surface area contributed by atoms with E-state index in [9.17, 15) is 4.79 Å². The summed E-state index contributed by atoms with van der Waals surface area (Å²) >= 11 is 1.88. The molecule has 1 amide bonds. The molecule has 0 radical (unpaired) electrons. The Labute approximate surface area is 136 Å². The Morgan fingerprint density at radius 2 is 2.09 bits per heavy atom. The van der Waals surface area contributed by atoms with Crippen molar-refractivity contribution in [2.75, 3.05) is 20.2 Å². The lowest BCUT2D eigenvalue weighted by atomic mass is 10.0. The van der Waals surface area contributed by atoms with Crippen molar-refractivity contribution in [3.63, 3.8) is 0 Å². The van der Waals surface area contributed by atoms with Crippen LogP contribution in [0.3, 0.4) is 0 Å². The summed E-state index contributed by atoms with van der Waals surface area (Å²) in [5, 5.41) is 4.92. The van der Waals surface area contributed by atoms with Crippen molar-refractivity contribution >= 4 is 17.4 Å². The molecule has 1 atom stereocenters. The van der Waals surface area contributed by atoms with Crippen molar-refractivity contribution < 1.29 is 9.53 Å². The van der Waals surface area contributed by atoms with Crippen molar-refractivity contribution in [3.05, 3.63) is 15.6 Å². The maximum atomic E-state index is 11.5. The van der Waals surface area contributed by atoms with E-state index in [1.807, 2.05) is 11.3 Å². The Bertz CT molecular complexity index is 500. The summed E-state index contributed by atoms with van der Waals surface area (Å²) in [4.78, 5) is 19.6. The number of nitrogens with one attached hydrogen (secondary N) is 1. The van der Waals surface area contributed by atoms with Gasteiger partial charge in [-0.2, -0.15) is 0 Å².